The molecule has 0 saturated heterocycles. The van der Waals surface area contributed by atoms with Gasteiger partial charge in [0.1, 0.15) is 17.5 Å². The van der Waals surface area contributed by atoms with E-state index in [4.69, 9.17) is 0 Å². The van der Waals surface area contributed by atoms with Gasteiger partial charge in [-0.25, -0.2) is 13.8 Å². The van der Waals surface area contributed by atoms with Gasteiger partial charge in [0.2, 0.25) is 0 Å². The molecule has 2 nitrogen and oxygen atoms in total. The van der Waals surface area contributed by atoms with E-state index in [0.717, 1.165) is 16.8 Å². The molecular weight excluding hydrogens is 266 g/mol. The molecule has 0 atom stereocenters. The number of thiophene rings is 1. The van der Waals surface area contributed by atoms with E-state index in [0.29, 0.717) is 12.1 Å². The summed E-state index contributed by atoms with van der Waals surface area (Å²) < 4.78 is 28.4. The van der Waals surface area contributed by atoms with Crippen LogP contribution in [-0.2, 0) is 6.54 Å². The molecule has 5 heteroatoms. The highest BCUT2D eigenvalue weighted by Gasteiger charge is 2.10. The van der Waals surface area contributed by atoms with E-state index in [2.05, 4.69) is 4.98 Å². The van der Waals surface area contributed by atoms with Gasteiger partial charge in [-0.1, -0.05) is 12.1 Å². The van der Waals surface area contributed by atoms with Gasteiger partial charge in [-0.2, -0.15) is 0 Å². The molecule has 3 aromatic rings. The van der Waals surface area contributed by atoms with E-state index in [1.165, 1.54) is 12.1 Å². The van der Waals surface area contributed by atoms with Gasteiger partial charge in [0.15, 0.2) is 0 Å². The number of benzene rings is 1. The van der Waals surface area contributed by atoms with Crippen LogP contribution in [0.25, 0.3) is 10.7 Å². The van der Waals surface area contributed by atoms with Crippen molar-refractivity contribution in [1.29, 1.82) is 0 Å². The Kier molecular flexibility index (Phi) is 3.13. The Balaban J connectivity index is 1.94. The van der Waals surface area contributed by atoms with E-state index in [1.807, 2.05) is 22.1 Å². The second-order valence-corrected chi connectivity index (χ2v) is 5.04. The molecule has 2 heterocycles. The number of hydrogen-bond donors (Lipinski definition) is 0. The zero-order valence-electron chi connectivity index (χ0n) is 9.88. The van der Waals surface area contributed by atoms with E-state index in [-0.39, 0.29) is 0 Å². The van der Waals surface area contributed by atoms with Crippen LogP contribution in [0.2, 0.25) is 0 Å². The summed E-state index contributed by atoms with van der Waals surface area (Å²) in [7, 11) is 0. The second-order valence-electron chi connectivity index (χ2n) is 4.09. The third-order valence-corrected chi connectivity index (χ3v) is 3.68. The first-order valence-corrected chi connectivity index (χ1v) is 6.61. The van der Waals surface area contributed by atoms with E-state index >= 15 is 0 Å². The van der Waals surface area contributed by atoms with Crippen molar-refractivity contribution in [2.75, 3.05) is 0 Å². The van der Waals surface area contributed by atoms with Crippen LogP contribution >= 0.6 is 11.3 Å². The topological polar surface area (TPSA) is 17.8 Å². The standard InChI is InChI=1S/C14H10F2N2S/c15-11-4-3-10(12(16)8-11)9-18-6-5-17-14(18)13-2-1-7-19-13/h1-8H,9H2. The lowest BCUT2D eigenvalue weighted by molar-refractivity contribution is 0.566. The van der Waals surface area contributed by atoms with E-state index < -0.39 is 11.6 Å². The van der Waals surface area contributed by atoms with Crippen molar-refractivity contribution >= 4 is 11.3 Å². The molecule has 19 heavy (non-hydrogen) atoms. The molecular formula is C14H10F2N2S. The maximum Gasteiger partial charge on any atom is 0.150 e. The third kappa shape index (κ3) is 2.42. The fourth-order valence-electron chi connectivity index (χ4n) is 1.90. The van der Waals surface area contributed by atoms with Crippen LogP contribution in [0.5, 0.6) is 0 Å². The molecule has 0 fully saturated rings. The minimum absolute atomic E-state index is 0.333. The average molecular weight is 276 g/mol. The van der Waals surface area contributed by atoms with Crippen LogP contribution < -0.4 is 0 Å². The van der Waals surface area contributed by atoms with Gasteiger partial charge in [-0.15, -0.1) is 11.3 Å². The Labute approximate surface area is 113 Å². The molecule has 0 unspecified atom stereocenters. The Morgan fingerprint density at radius 3 is 2.84 bits per heavy atom. The first kappa shape index (κ1) is 12.0. The lowest BCUT2D eigenvalue weighted by Crippen LogP contribution is -2.02. The normalized spacial score (nSPS) is 10.8. The maximum atomic E-state index is 13.6. The quantitative estimate of drug-likeness (QED) is 0.708. The third-order valence-electron chi connectivity index (χ3n) is 2.81. The molecule has 0 saturated carbocycles. The van der Waals surface area contributed by atoms with Crippen molar-refractivity contribution in [3.05, 3.63) is 65.3 Å². The highest BCUT2D eigenvalue weighted by Crippen LogP contribution is 2.24. The number of nitrogens with zero attached hydrogens (tertiary/aromatic N) is 2. The van der Waals surface area contributed by atoms with Gasteiger partial charge in [-0.3, -0.25) is 0 Å². The van der Waals surface area contributed by atoms with Crippen LogP contribution in [-0.4, -0.2) is 9.55 Å². The van der Waals surface area contributed by atoms with Crippen molar-refractivity contribution in [2.45, 2.75) is 6.54 Å². The van der Waals surface area contributed by atoms with Crippen molar-refractivity contribution in [1.82, 2.24) is 9.55 Å². The first-order valence-electron chi connectivity index (χ1n) is 5.73. The van der Waals surface area contributed by atoms with Crippen LogP contribution in [0.4, 0.5) is 8.78 Å². The zero-order valence-corrected chi connectivity index (χ0v) is 10.7. The molecule has 0 aliphatic heterocycles. The SMILES string of the molecule is Fc1ccc(Cn2ccnc2-c2cccs2)c(F)c1. The summed E-state index contributed by atoms with van der Waals surface area (Å²) in [6, 6.07) is 7.53. The van der Waals surface area contributed by atoms with Gasteiger partial charge in [0.05, 0.1) is 11.4 Å². The summed E-state index contributed by atoms with van der Waals surface area (Å²) in [4.78, 5) is 5.30. The number of hydrogen-bond acceptors (Lipinski definition) is 2. The number of halogens is 2. The number of imidazole rings is 1. The Bertz CT molecular complexity index is 689. The molecule has 0 bridgehead atoms. The van der Waals surface area contributed by atoms with E-state index in [1.54, 1.807) is 23.7 Å². The molecule has 0 radical (unpaired) electrons. The van der Waals surface area contributed by atoms with Crippen molar-refractivity contribution in [3.63, 3.8) is 0 Å². The van der Waals surface area contributed by atoms with Gasteiger partial charge in [0, 0.05) is 24.0 Å². The predicted molar refractivity (Wildman–Crippen MR) is 71.0 cm³/mol. The summed E-state index contributed by atoms with van der Waals surface area (Å²) in [5.74, 6) is -0.310. The average Bonchev–Trinajstić information content (AvgIpc) is 3.03. The highest BCUT2D eigenvalue weighted by atomic mass is 32.1. The minimum Gasteiger partial charge on any atom is -0.326 e. The van der Waals surface area contributed by atoms with Gasteiger partial charge >= 0.3 is 0 Å². The number of rotatable bonds is 3. The lowest BCUT2D eigenvalue weighted by atomic mass is 10.2. The molecule has 0 spiro atoms. The summed E-state index contributed by atoms with van der Waals surface area (Å²) in [6.45, 7) is 0.333. The minimum atomic E-state index is -0.564. The van der Waals surface area contributed by atoms with E-state index in [9.17, 15) is 8.78 Å². The van der Waals surface area contributed by atoms with Crippen molar-refractivity contribution < 1.29 is 8.78 Å². The molecule has 0 aliphatic carbocycles. The van der Waals surface area contributed by atoms with Crippen LogP contribution in [0.1, 0.15) is 5.56 Å². The Hall–Kier alpha value is -2.01. The lowest BCUT2D eigenvalue weighted by Gasteiger charge is -2.07. The summed E-state index contributed by atoms with van der Waals surface area (Å²) >= 11 is 1.57. The van der Waals surface area contributed by atoms with Crippen LogP contribution in [0.15, 0.2) is 48.1 Å². The van der Waals surface area contributed by atoms with Gasteiger partial charge < -0.3 is 4.57 Å². The maximum absolute atomic E-state index is 13.6. The molecule has 0 amide bonds. The summed E-state index contributed by atoms with van der Waals surface area (Å²) in [5, 5.41) is 1.97. The van der Waals surface area contributed by atoms with Crippen molar-refractivity contribution in [3.8, 4) is 10.7 Å². The van der Waals surface area contributed by atoms with Crippen LogP contribution in [0, 0.1) is 11.6 Å². The highest BCUT2D eigenvalue weighted by molar-refractivity contribution is 7.13. The fourth-order valence-corrected chi connectivity index (χ4v) is 2.64. The van der Waals surface area contributed by atoms with Crippen LogP contribution in [0.3, 0.4) is 0 Å². The smallest absolute Gasteiger partial charge is 0.150 e. The molecule has 1 aromatic carbocycles. The molecule has 2 aromatic heterocycles. The Morgan fingerprint density at radius 2 is 2.11 bits per heavy atom. The summed E-state index contributed by atoms with van der Waals surface area (Å²) in [5.41, 5.74) is 0.442. The summed E-state index contributed by atoms with van der Waals surface area (Å²) in [6.07, 6.45) is 3.47. The predicted octanol–water partition coefficient (Wildman–Crippen LogP) is 3.94. The first-order chi connectivity index (χ1) is 9.24. The second kappa shape index (κ2) is 4.93. The van der Waals surface area contributed by atoms with Gasteiger partial charge in [0.25, 0.3) is 0 Å². The Morgan fingerprint density at radius 1 is 1.21 bits per heavy atom. The zero-order chi connectivity index (χ0) is 13.2. The molecule has 3 rings (SSSR count). The fraction of sp³-hybridized carbons (Fsp3) is 0.0714. The van der Waals surface area contributed by atoms with Crippen molar-refractivity contribution in [2.24, 2.45) is 0 Å². The molecule has 96 valence electrons. The largest absolute Gasteiger partial charge is 0.326 e. The van der Waals surface area contributed by atoms with Gasteiger partial charge in [-0.05, 0) is 17.5 Å². The monoisotopic (exact) mass is 276 g/mol. The molecule has 0 aliphatic rings. The molecule has 0 N–H and O–H groups in total. The number of aromatic nitrogens is 2.